The van der Waals surface area contributed by atoms with Gasteiger partial charge in [0.25, 0.3) is 0 Å². The van der Waals surface area contributed by atoms with Crippen LogP contribution in [0, 0.1) is 5.92 Å². The number of methoxy groups -OCH3 is 1. The molecule has 1 aromatic carbocycles. The lowest BCUT2D eigenvalue weighted by Crippen LogP contribution is -2.02. The van der Waals surface area contributed by atoms with E-state index in [0.29, 0.717) is 34.6 Å². The Morgan fingerprint density at radius 2 is 2.25 bits per heavy atom. The lowest BCUT2D eigenvalue weighted by molar-refractivity contribution is 0.112. The Morgan fingerprint density at radius 1 is 1.50 bits per heavy atom. The Hall–Kier alpha value is -1.22. The van der Waals surface area contributed by atoms with Crippen molar-refractivity contribution in [3.8, 4) is 11.5 Å². The van der Waals surface area contributed by atoms with E-state index in [2.05, 4.69) is 0 Å². The van der Waals surface area contributed by atoms with Crippen molar-refractivity contribution in [2.45, 2.75) is 12.8 Å². The van der Waals surface area contributed by atoms with Crippen LogP contribution in [-0.4, -0.2) is 20.0 Å². The molecule has 0 unspecified atom stereocenters. The van der Waals surface area contributed by atoms with E-state index in [-0.39, 0.29) is 0 Å². The number of carbonyl (C=O) groups is 1. The first-order valence-electron chi connectivity index (χ1n) is 5.20. The molecule has 0 aromatic heterocycles. The molecule has 0 spiro atoms. The topological polar surface area (TPSA) is 35.5 Å². The van der Waals surface area contributed by atoms with Gasteiger partial charge in [-0.1, -0.05) is 11.6 Å². The highest BCUT2D eigenvalue weighted by atomic mass is 35.5. The summed E-state index contributed by atoms with van der Waals surface area (Å²) >= 11 is 6.03. The highest BCUT2D eigenvalue weighted by molar-refractivity contribution is 6.32. The van der Waals surface area contributed by atoms with Crippen LogP contribution in [0.4, 0.5) is 0 Å². The summed E-state index contributed by atoms with van der Waals surface area (Å²) in [6.45, 7) is 0.663. The monoisotopic (exact) mass is 240 g/mol. The highest BCUT2D eigenvalue weighted by Gasteiger charge is 2.23. The number of halogens is 1. The van der Waals surface area contributed by atoms with Crippen LogP contribution >= 0.6 is 11.6 Å². The van der Waals surface area contributed by atoms with Crippen molar-refractivity contribution >= 4 is 17.9 Å². The van der Waals surface area contributed by atoms with Crippen molar-refractivity contribution in [1.29, 1.82) is 0 Å². The minimum absolute atomic E-state index is 0.419. The van der Waals surface area contributed by atoms with Gasteiger partial charge in [0.15, 0.2) is 11.5 Å². The molecule has 0 bridgehead atoms. The lowest BCUT2D eigenvalue weighted by atomic mass is 10.2. The first kappa shape index (κ1) is 11.3. The molecule has 0 radical (unpaired) electrons. The second kappa shape index (κ2) is 4.74. The van der Waals surface area contributed by atoms with Crippen molar-refractivity contribution in [2.24, 2.45) is 5.92 Å². The van der Waals surface area contributed by atoms with E-state index in [9.17, 15) is 4.79 Å². The molecule has 3 nitrogen and oxygen atoms in total. The highest BCUT2D eigenvalue weighted by Crippen LogP contribution is 2.38. The Morgan fingerprint density at radius 3 is 2.81 bits per heavy atom. The molecule has 2 rings (SSSR count). The fraction of sp³-hybridized carbons (Fsp3) is 0.417. The maximum atomic E-state index is 10.7. The van der Waals surface area contributed by atoms with E-state index in [1.165, 1.54) is 20.0 Å². The summed E-state index contributed by atoms with van der Waals surface area (Å²) in [6.07, 6.45) is 3.16. The van der Waals surface area contributed by atoms with Gasteiger partial charge in [-0.2, -0.15) is 0 Å². The zero-order valence-corrected chi connectivity index (χ0v) is 9.79. The average Bonchev–Trinajstić information content (AvgIpc) is 3.10. The zero-order chi connectivity index (χ0) is 11.5. The van der Waals surface area contributed by atoms with Crippen LogP contribution in [0.3, 0.4) is 0 Å². The Kier molecular flexibility index (Phi) is 3.34. The standard InChI is InChI=1S/C12H13ClO3/c1-15-11-5-9(6-14)4-10(13)12(11)16-7-8-2-3-8/h4-6,8H,2-3,7H2,1H3. The minimum atomic E-state index is 0.419. The van der Waals surface area contributed by atoms with Gasteiger partial charge < -0.3 is 9.47 Å². The van der Waals surface area contributed by atoms with Gasteiger partial charge in [-0.25, -0.2) is 0 Å². The Bertz CT molecular complexity index is 399. The summed E-state index contributed by atoms with van der Waals surface area (Å²) in [5.41, 5.74) is 0.487. The molecule has 0 amide bonds. The smallest absolute Gasteiger partial charge is 0.179 e. The summed E-state index contributed by atoms with van der Waals surface area (Å²) in [7, 11) is 1.53. The number of hydrogen-bond acceptors (Lipinski definition) is 3. The largest absolute Gasteiger partial charge is 0.493 e. The minimum Gasteiger partial charge on any atom is -0.493 e. The number of aldehydes is 1. The summed E-state index contributed by atoms with van der Waals surface area (Å²) < 4.78 is 10.8. The number of hydrogen-bond donors (Lipinski definition) is 0. The van der Waals surface area contributed by atoms with Crippen molar-refractivity contribution in [3.05, 3.63) is 22.7 Å². The van der Waals surface area contributed by atoms with Crippen molar-refractivity contribution in [2.75, 3.05) is 13.7 Å². The van der Waals surface area contributed by atoms with Crippen LogP contribution in [0.25, 0.3) is 0 Å². The molecule has 16 heavy (non-hydrogen) atoms. The first-order chi connectivity index (χ1) is 7.74. The maximum absolute atomic E-state index is 10.7. The van der Waals surface area contributed by atoms with Gasteiger partial charge in [0.2, 0.25) is 0 Å². The third kappa shape index (κ3) is 2.47. The van der Waals surface area contributed by atoms with E-state index in [1.54, 1.807) is 12.1 Å². The molecule has 1 saturated carbocycles. The van der Waals surface area contributed by atoms with E-state index in [1.807, 2.05) is 0 Å². The predicted octanol–water partition coefficient (Wildman–Crippen LogP) is 2.95. The van der Waals surface area contributed by atoms with Gasteiger partial charge in [-0.15, -0.1) is 0 Å². The zero-order valence-electron chi connectivity index (χ0n) is 9.03. The van der Waals surface area contributed by atoms with Crippen LogP contribution in [0.2, 0.25) is 5.02 Å². The van der Waals surface area contributed by atoms with Gasteiger partial charge in [-0.3, -0.25) is 4.79 Å². The first-order valence-corrected chi connectivity index (χ1v) is 5.58. The van der Waals surface area contributed by atoms with Crippen LogP contribution < -0.4 is 9.47 Å². The quantitative estimate of drug-likeness (QED) is 0.743. The Labute approximate surface area is 99.3 Å². The van der Waals surface area contributed by atoms with Crippen molar-refractivity contribution in [3.63, 3.8) is 0 Å². The third-order valence-corrected chi connectivity index (χ3v) is 2.83. The van der Waals surface area contributed by atoms with Gasteiger partial charge in [-0.05, 0) is 30.9 Å². The number of benzene rings is 1. The second-order valence-corrected chi connectivity index (χ2v) is 4.31. The van der Waals surface area contributed by atoms with Crippen LogP contribution in [0.15, 0.2) is 12.1 Å². The molecule has 0 aliphatic heterocycles. The summed E-state index contributed by atoms with van der Waals surface area (Å²) in [5.74, 6) is 1.68. The molecule has 0 saturated heterocycles. The van der Waals surface area contributed by atoms with E-state index in [4.69, 9.17) is 21.1 Å². The molecule has 0 heterocycles. The number of ether oxygens (including phenoxy) is 2. The fourth-order valence-electron chi connectivity index (χ4n) is 1.43. The predicted molar refractivity (Wildman–Crippen MR) is 61.6 cm³/mol. The summed E-state index contributed by atoms with van der Waals surface area (Å²) in [4.78, 5) is 10.7. The SMILES string of the molecule is COc1cc(C=O)cc(Cl)c1OCC1CC1. The van der Waals surface area contributed by atoms with E-state index < -0.39 is 0 Å². The molecular formula is C12H13ClO3. The number of carbonyl (C=O) groups excluding carboxylic acids is 1. The molecule has 1 aromatic rings. The van der Waals surface area contributed by atoms with Gasteiger partial charge >= 0.3 is 0 Å². The molecule has 1 aliphatic rings. The number of rotatable bonds is 5. The van der Waals surface area contributed by atoms with E-state index in [0.717, 1.165) is 6.29 Å². The normalized spacial score (nSPS) is 14.6. The maximum Gasteiger partial charge on any atom is 0.179 e. The third-order valence-electron chi connectivity index (χ3n) is 2.55. The average molecular weight is 241 g/mol. The molecule has 1 aliphatic carbocycles. The van der Waals surface area contributed by atoms with Gasteiger partial charge in [0.1, 0.15) is 6.29 Å². The van der Waals surface area contributed by atoms with Crippen molar-refractivity contribution in [1.82, 2.24) is 0 Å². The lowest BCUT2D eigenvalue weighted by Gasteiger charge is -2.12. The van der Waals surface area contributed by atoms with Crippen molar-refractivity contribution < 1.29 is 14.3 Å². The van der Waals surface area contributed by atoms with Gasteiger partial charge in [0.05, 0.1) is 18.7 Å². The molecule has 86 valence electrons. The van der Waals surface area contributed by atoms with Crippen LogP contribution in [-0.2, 0) is 0 Å². The van der Waals surface area contributed by atoms with Crippen LogP contribution in [0.1, 0.15) is 23.2 Å². The molecule has 1 fully saturated rings. The second-order valence-electron chi connectivity index (χ2n) is 3.91. The van der Waals surface area contributed by atoms with Crippen LogP contribution in [0.5, 0.6) is 11.5 Å². The molecule has 0 atom stereocenters. The molecular weight excluding hydrogens is 228 g/mol. The fourth-order valence-corrected chi connectivity index (χ4v) is 1.71. The van der Waals surface area contributed by atoms with E-state index >= 15 is 0 Å². The summed E-state index contributed by atoms with van der Waals surface area (Å²) in [5, 5.41) is 0.419. The molecule has 0 N–H and O–H groups in total. The molecule has 4 heteroatoms. The summed E-state index contributed by atoms with van der Waals surface area (Å²) in [6, 6.07) is 3.21. The Balaban J connectivity index is 2.22. The van der Waals surface area contributed by atoms with Gasteiger partial charge in [0, 0.05) is 5.56 Å².